The Morgan fingerprint density at radius 1 is 0.597 bits per heavy atom. The number of aromatic nitrogens is 5. The van der Waals surface area contributed by atoms with Crippen molar-refractivity contribution in [1.82, 2.24) is 56.4 Å². The lowest BCUT2D eigenvalue weighted by Crippen LogP contribution is -2.56. The van der Waals surface area contributed by atoms with Crippen molar-refractivity contribution in [1.29, 1.82) is 0 Å². The molecule has 3 aromatic carbocycles. The summed E-state index contributed by atoms with van der Waals surface area (Å²) >= 11 is 0. The number of fused-ring (bicyclic) bond motifs is 10. The summed E-state index contributed by atoms with van der Waals surface area (Å²) in [7, 11) is 0. The van der Waals surface area contributed by atoms with E-state index in [0.29, 0.717) is 255 Å². The van der Waals surface area contributed by atoms with E-state index in [-0.39, 0.29) is 111 Å². The second-order valence-corrected chi connectivity index (χ2v) is 34.7. The third-order valence-electron chi connectivity index (χ3n) is 25.5. The van der Waals surface area contributed by atoms with E-state index in [2.05, 4.69) is 42.0 Å². The Bertz CT molecular complexity index is 4920. The third-order valence-corrected chi connectivity index (χ3v) is 25.5. The molecular weight excluding hydrogens is 1740 g/mol. The molecule has 0 radical (unpaired) electrons. The molecule has 9 N–H and O–H groups in total. The summed E-state index contributed by atoms with van der Waals surface area (Å²) in [6, 6.07) is 15.8. The normalized spacial score (nSPS) is 16.9. The van der Waals surface area contributed by atoms with E-state index < -0.39 is 71.2 Å². The summed E-state index contributed by atoms with van der Waals surface area (Å²) in [5.41, 5.74) is 12.0. The number of amides is 7. The lowest BCUT2D eigenvalue weighted by atomic mass is 9.65. The highest BCUT2D eigenvalue weighted by Gasteiger charge is 2.47. The summed E-state index contributed by atoms with van der Waals surface area (Å²) < 4.78 is 95.0. The average molecular weight is 1870 g/mol. The molecule has 134 heavy (non-hydrogen) atoms. The van der Waals surface area contributed by atoms with Crippen LogP contribution in [-0.4, -0.2) is 299 Å². The van der Waals surface area contributed by atoms with Crippen molar-refractivity contribution in [2.45, 2.75) is 167 Å². The molecule has 6 aromatic rings. The van der Waals surface area contributed by atoms with Crippen molar-refractivity contribution in [2.24, 2.45) is 23.0 Å². The van der Waals surface area contributed by atoms with E-state index in [9.17, 15) is 48.3 Å². The standard InChI is InChI=1S/C96H134FN13O24/c1-5-96(120)73-58-79-87-71(62-110(79)93(118)72(73)63-134-94(96)119)85-75(18-17-68-65(4)74(97)59-77(102-87)84(68)85)101-81(112)60-100-91(116)76(15-10-11-28-98)103-92(117)86(64(2)3)104-80(111)22-32-121-34-36-123-38-40-125-42-44-127-46-48-129-50-52-131-54-56-133-57-55-132-53-51-130-49-47-128-45-43-126-41-39-124-37-35-122-33-23-82(113)108-30-26-95(27-31-108)24-19-66(20-25-95)90(115)99-29-21-83(114)109-61-67-12-6-7-13-69(67)88-89(106-107-105-88)70-14-8-9-16-78(70)109/h6-9,12-14,16,58-59,64,66,75-76,86,120H,5,10-11,15,17-57,60-63,98H2,1-4H3,(H,99,115)(H,100,116)(H,101,112)(H,103,117)(H,104,111)(H,105,106,107). The van der Waals surface area contributed by atoms with E-state index in [1.54, 1.807) is 38.7 Å². The first-order valence-electron chi connectivity index (χ1n) is 47.3. The fourth-order valence-corrected chi connectivity index (χ4v) is 17.9. The topological polar surface area (TPSA) is 455 Å². The Labute approximate surface area is 780 Å². The first-order valence-corrected chi connectivity index (χ1v) is 47.3. The van der Waals surface area contributed by atoms with E-state index in [4.69, 9.17) is 77.0 Å². The first-order chi connectivity index (χ1) is 65.2. The Morgan fingerprint density at radius 3 is 1.69 bits per heavy atom. The molecule has 4 unspecified atom stereocenters. The number of unbranched alkanes of at least 4 members (excludes halogenated alkanes) is 1. The number of esters is 1. The number of carbonyl (C=O) groups is 8. The Morgan fingerprint density at radius 2 is 1.13 bits per heavy atom. The molecule has 3 aromatic heterocycles. The largest absolute Gasteiger partial charge is 0.458 e. The Balaban J connectivity index is 0.391. The number of benzene rings is 3. The van der Waals surface area contributed by atoms with Crippen molar-refractivity contribution in [3.05, 3.63) is 116 Å². The number of ether oxygens (including phenoxy) is 14. The number of aliphatic hydroxyl groups is 1. The quantitative estimate of drug-likeness (QED) is 0.0165. The molecule has 1 spiro atoms. The SMILES string of the molecule is CCC1(O)C(=O)OCc2c1cc1n(c2=O)Cc2c-1nc1cc(F)c(C)c3c1c2C(NC(=O)CNC(=O)C(CCCCN)NC(=O)C(NC(=O)CCOCCOCCOCCOCCOCCOCCOCCOCCOCCOCCOCCOCCOCCC(=O)N1CCC2(CCC(C(=O)NCCC(=O)N4Cc5ccccc5-c5n[nH]nc5-c5ccccc54)CC2)CC1)C(C)C)CC3. The Kier molecular flexibility index (Phi) is 40.9. The van der Waals surface area contributed by atoms with Gasteiger partial charge in [0.25, 0.3) is 5.56 Å². The van der Waals surface area contributed by atoms with E-state index >= 15 is 4.39 Å². The maximum atomic E-state index is 15.6. The predicted octanol–water partition coefficient (Wildman–Crippen LogP) is 5.80. The molecule has 2 aliphatic carbocycles. The number of pyridine rings is 2. The third kappa shape index (κ3) is 28.5. The molecule has 4 atom stereocenters. The van der Waals surface area contributed by atoms with Gasteiger partial charge in [0.2, 0.25) is 41.4 Å². The van der Waals surface area contributed by atoms with Crippen LogP contribution in [0.4, 0.5) is 10.1 Å². The van der Waals surface area contributed by atoms with Gasteiger partial charge in [0.15, 0.2) is 5.60 Å². The summed E-state index contributed by atoms with van der Waals surface area (Å²) in [6.07, 6.45) is 7.73. The average Bonchev–Trinajstić information content (AvgIpc) is 1.52. The van der Waals surface area contributed by atoms with Gasteiger partial charge in [-0.15, -0.1) is 0 Å². The number of halogens is 1. The molecule has 12 rings (SSSR count). The first kappa shape index (κ1) is 103. The number of nitrogens with two attached hydrogens (primary N) is 1. The number of nitrogens with one attached hydrogen (secondary N) is 6. The second kappa shape index (κ2) is 53.1. The van der Waals surface area contributed by atoms with Crippen LogP contribution in [0.5, 0.6) is 0 Å². The van der Waals surface area contributed by atoms with Crippen molar-refractivity contribution < 1.29 is 114 Å². The van der Waals surface area contributed by atoms with Gasteiger partial charge in [0.1, 0.15) is 35.9 Å². The maximum absolute atomic E-state index is 15.6. The minimum Gasteiger partial charge on any atom is -0.458 e. The lowest BCUT2D eigenvalue weighted by molar-refractivity contribution is -0.172. The van der Waals surface area contributed by atoms with Gasteiger partial charge >= 0.3 is 5.97 Å². The molecule has 38 heteroatoms. The highest BCUT2D eigenvalue weighted by atomic mass is 19.1. The smallest absolute Gasteiger partial charge is 0.343 e. The van der Waals surface area contributed by atoms with Crippen molar-refractivity contribution in [3.63, 3.8) is 0 Å². The number of para-hydroxylation sites is 1. The van der Waals surface area contributed by atoms with Crippen LogP contribution in [0, 0.1) is 30.0 Å². The molecule has 1 saturated heterocycles. The van der Waals surface area contributed by atoms with Crippen LogP contribution in [0.15, 0.2) is 65.5 Å². The molecule has 0 bridgehead atoms. The molecule has 4 aliphatic heterocycles. The van der Waals surface area contributed by atoms with Gasteiger partial charge in [-0.3, -0.25) is 38.4 Å². The number of piperidine rings is 1. The Hall–Kier alpha value is -9.75. The predicted molar refractivity (Wildman–Crippen MR) is 489 cm³/mol. The van der Waals surface area contributed by atoms with Gasteiger partial charge in [0, 0.05) is 72.1 Å². The van der Waals surface area contributed by atoms with Crippen LogP contribution < -0.4 is 42.8 Å². The highest BCUT2D eigenvalue weighted by Crippen LogP contribution is 2.49. The fourth-order valence-electron chi connectivity index (χ4n) is 17.9. The van der Waals surface area contributed by atoms with Crippen molar-refractivity contribution >= 4 is 63.9 Å². The van der Waals surface area contributed by atoms with Gasteiger partial charge < -0.3 is 118 Å². The number of likely N-dealkylation sites (tertiary alicyclic amines) is 1. The summed E-state index contributed by atoms with van der Waals surface area (Å²) in [4.78, 5) is 131. The number of nitrogens with zero attached hydrogens (tertiary/aromatic N) is 6. The molecule has 7 amide bonds. The zero-order valence-corrected chi connectivity index (χ0v) is 77.8. The molecule has 1 saturated carbocycles. The van der Waals surface area contributed by atoms with Gasteiger partial charge in [-0.2, -0.15) is 15.4 Å². The number of cyclic esters (lactones) is 1. The van der Waals surface area contributed by atoms with E-state index in [1.165, 1.54) is 10.6 Å². The minimum atomic E-state index is -2.06. The van der Waals surface area contributed by atoms with Crippen LogP contribution in [0.3, 0.4) is 0 Å². The van der Waals surface area contributed by atoms with E-state index in [0.717, 1.165) is 72.2 Å². The van der Waals surface area contributed by atoms with Crippen LogP contribution in [0.25, 0.3) is 44.8 Å². The number of hydrogen-bond acceptors (Lipinski definition) is 28. The molecule has 7 heterocycles. The molecule has 6 aliphatic rings. The van der Waals surface area contributed by atoms with Gasteiger partial charge in [0.05, 0.1) is 232 Å². The number of hydrogen-bond donors (Lipinski definition) is 8. The zero-order chi connectivity index (χ0) is 94.6. The summed E-state index contributed by atoms with van der Waals surface area (Å²) in [5.74, 6) is -3.97. The van der Waals surface area contributed by atoms with Crippen LogP contribution >= 0.6 is 0 Å². The van der Waals surface area contributed by atoms with Crippen LogP contribution in [0.2, 0.25) is 0 Å². The minimum absolute atomic E-state index is 0.00517. The van der Waals surface area contributed by atoms with E-state index in [1.807, 2.05) is 53.4 Å². The van der Waals surface area contributed by atoms with Crippen LogP contribution in [-0.2, 0) is 136 Å². The maximum Gasteiger partial charge on any atom is 0.343 e. The summed E-state index contributed by atoms with van der Waals surface area (Å²) in [5, 5.41) is 38.2. The number of anilines is 1. The number of carbonyl (C=O) groups excluding carboxylic acids is 8. The number of aryl methyl sites for hydroxylation is 1. The highest BCUT2D eigenvalue weighted by molar-refractivity contribution is 6.01. The second-order valence-electron chi connectivity index (χ2n) is 34.7. The van der Waals surface area contributed by atoms with Gasteiger partial charge in [-0.05, 0) is 136 Å². The number of rotatable bonds is 59. The fraction of sp³-hybridized carbons (Fsp3) is 0.625. The number of H-pyrrole nitrogens is 1. The van der Waals surface area contributed by atoms with Crippen molar-refractivity contribution in [2.75, 3.05) is 209 Å². The monoisotopic (exact) mass is 1870 g/mol. The molecule has 734 valence electrons. The molecular formula is C96H134FN13O24. The van der Waals surface area contributed by atoms with Gasteiger partial charge in [-0.1, -0.05) is 63.2 Å². The van der Waals surface area contributed by atoms with Crippen molar-refractivity contribution in [3.8, 4) is 33.9 Å². The summed E-state index contributed by atoms with van der Waals surface area (Å²) in [6.45, 7) is 18.4. The molecule has 37 nitrogen and oxygen atoms in total. The van der Waals surface area contributed by atoms with Gasteiger partial charge in [-0.25, -0.2) is 14.2 Å². The molecule has 2 fully saturated rings. The van der Waals surface area contributed by atoms with Crippen LogP contribution in [0.1, 0.15) is 156 Å². The lowest BCUT2D eigenvalue weighted by Gasteiger charge is -2.45. The number of aromatic amines is 1. The zero-order valence-electron chi connectivity index (χ0n) is 77.8.